The van der Waals surface area contributed by atoms with Crippen molar-refractivity contribution in [3.8, 4) is 0 Å². The van der Waals surface area contributed by atoms with Gasteiger partial charge >= 0.3 is 6.09 Å². The number of piperazine rings is 1. The first-order valence-corrected chi connectivity index (χ1v) is 14.9. The molecule has 2 amide bonds. The van der Waals surface area contributed by atoms with Gasteiger partial charge in [0.05, 0.1) is 23.0 Å². The smallest absolute Gasteiger partial charge is 0.414 e. The average molecular weight is 540 g/mol. The molecule has 1 aromatic heterocycles. The van der Waals surface area contributed by atoms with E-state index in [1.165, 1.54) is 27.6 Å². The molecule has 3 saturated heterocycles. The quantitative estimate of drug-likeness (QED) is 0.575. The van der Waals surface area contributed by atoms with Crippen LogP contribution in [-0.2, 0) is 14.8 Å². The highest BCUT2D eigenvalue weighted by atomic mass is 32.2. The standard InChI is InChI=1S/C27H33N5O5S/c1-18-14-21(20-4-5-20)16-28-25(18)29-9-11-30(12-10-29)26(33)23-7-6-22(32-19(2)17-37-27(32)34)15-24(23)31-8-3-13-38(31,35)36/h6-7,14-16,19-20H,3-5,8-13,17H2,1-2H3/t19-/m1/s1. The summed E-state index contributed by atoms with van der Waals surface area (Å²) in [5, 5.41) is 0. The minimum absolute atomic E-state index is 0.0393. The van der Waals surface area contributed by atoms with Crippen molar-refractivity contribution in [3.05, 3.63) is 47.2 Å². The maximum absolute atomic E-state index is 13.8. The third kappa shape index (κ3) is 4.46. The molecule has 0 spiro atoms. The van der Waals surface area contributed by atoms with Crippen LogP contribution < -0.4 is 14.1 Å². The first kappa shape index (κ1) is 25.0. The van der Waals surface area contributed by atoms with Crippen LogP contribution in [0, 0.1) is 6.92 Å². The van der Waals surface area contributed by atoms with Gasteiger partial charge < -0.3 is 14.5 Å². The lowest BCUT2D eigenvalue weighted by molar-refractivity contribution is 0.0747. The summed E-state index contributed by atoms with van der Waals surface area (Å²) in [7, 11) is -3.54. The Balaban J connectivity index is 1.24. The molecule has 4 aliphatic rings. The lowest BCUT2D eigenvalue weighted by Crippen LogP contribution is -2.49. The molecular formula is C27H33N5O5S. The van der Waals surface area contributed by atoms with E-state index >= 15 is 0 Å². The van der Waals surface area contributed by atoms with E-state index in [2.05, 4.69) is 17.9 Å². The Labute approximate surface area is 223 Å². The predicted molar refractivity (Wildman–Crippen MR) is 145 cm³/mol. The van der Waals surface area contributed by atoms with E-state index in [0.29, 0.717) is 62.0 Å². The van der Waals surface area contributed by atoms with Crippen LogP contribution in [0.1, 0.15) is 53.6 Å². The van der Waals surface area contributed by atoms with Crippen molar-refractivity contribution in [3.63, 3.8) is 0 Å². The molecule has 11 heteroatoms. The van der Waals surface area contributed by atoms with E-state index in [-0.39, 0.29) is 24.3 Å². The molecule has 10 nitrogen and oxygen atoms in total. The fraction of sp³-hybridized carbons (Fsp3) is 0.519. The molecule has 3 aliphatic heterocycles. The monoisotopic (exact) mass is 539 g/mol. The Morgan fingerprint density at radius 1 is 1.08 bits per heavy atom. The van der Waals surface area contributed by atoms with Crippen molar-refractivity contribution in [2.24, 2.45) is 0 Å². The number of anilines is 3. The summed E-state index contributed by atoms with van der Waals surface area (Å²) in [6.45, 7) is 6.84. The van der Waals surface area contributed by atoms with Crippen LogP contribution in [-0.4, -0.2) is 81.4 Å². The second-order valence-corrected chi connectivity index (χ2v) is 12.7. The van der Waals surface area contributed by atoms with Gasteiger partial charge in [-0.15, -0.1) is 0 Å². The molecule has 4 heterocycles. The third-order valence-corrected chi connectivity index (χ3v) is 9.79. The summed E-state index contributed by atoms with van der Waals surface area (Å²) in [5.74, 6) is 1.45. The molecular weight excluding hydrogens is 506 g/mol. The fourth-order valence-electron chi connectivity index (χ4n) is 5.69. The normalized spacial score (nSPS) is 23.2. The second kappa shape index (κ2) is 9.44. The van der Waals surface area contributed by atoms with E-state index in [1.54, 1.807) is 23.1 Å². The number of aryl methyl sites for hydroxylation is 1. The molecule has 202 valence electrons. The Morgan fingerprint density at radius 3 is 2.45 bits per heavy atom. The zero-order valence-corrected chi connectivity index (χ0v) is 22.6. The number of carbonyl (C=O) groups excluding carboxylic acids is 2. The van der Waals surface area contributed by atoms with Crippen molar-refractivity contribution in [2.45, 2.75) is 45.1 Å². The minimum Gasteiger partial charge on any atom is -0.447 e. The molecule has 1 aromatic carbocycles. The molecule has 2 aromatic rings. The van der Waals surface area contributed by atoms with Crippen LogP contribution in [0.3, 0.4) is 0 Å². The molecule has 0 radical (unpaired) electrons. The number of carbonyl (C=O) groups is 2. The number of nitrogens with zero attached hydrogens (tertiary/aromatic N) is 5. The Hall–Kier alpha value is -3.34. The van der Waals surface area contributed by atoms with Crippen LogP contribution >= 0.6 is 0 Å². The lowest BCUT2D eigenvalue weighted by atomic mass is 10.1. The second-order valence-electron chi connectivity index (χ2n) is 10.7. The van der Waals surface area contributed by atoms with Gasteiger partial charge in [-0.1, -0.05) is 6.07 Å². The number of hydrogen-bond acceptors (Lipinski definition) is 7. The maximum atomic E-state index is 13.8. The van der Waals surface area contributed by atoms with Crippen LogP contribution in [0.4, 0.5) is 22.0 Å². The number of cyclic esters (lactones) is 1. The molecule has 1 aliphatic carbocycles. The van der Waals surface area contributed by atoms with Crippen LogP contribution in [0.25, 0.3) is 0 Å². The largest absolute Gasteiger partial charge is 0.447 e. The van der Waals surface area contributed by atoms with E-state index < -0.39 is 16.1 Å². The SMILES string of the molecule is Cc1cc(C2CC2)cnc1N1CCN(C(=O)c2ccc(N3C(=O)OC[C@H]3C)cc2N2CCCS2(=O)=O)CC1. The summed E-state index contributed by atoms with van der Waals surface area (Å²) < 4.78 is 32.2. The van der Waals surface area contributed by atoms with Crippen molar-refractivity contribution >= 4 is 39.2 Å². The van der Waals surface area contributed by atoms with Gasteiger partial charge in [0.2, 0.25) is 10.0 Å². The van der Waals surface area contributed by atoms with Crippen molar-refractivity contribution in [1.82, 2.24) is 9.88 Å². The number of ether oxygens (including phenoxy) is 1. The van der Waals surface area contributed by atoms with E-state index in [0.717, 1.165) is 11.4 Å². The van der Waals surface area contributed by atoms with Crippen LogP contribution in [0.15, 0.2) is 30.5 Å². The van der Waals surface area contributed by atoms with Crippen LogP contribution in [0.2, 0.25) is 0 Å². The fourth-order valence-corrected chi connectivity index (χ4v) is 7.27. The molecule has 0 N–H and O–H groups in total. The summed E-state index contributed by atoms with van der Waals surface area (Å²) in [4.78, 5) is 36.3. The first-order valence-electron chi connectivity index (χ1n) is 13.3. The van der Waals surface area contributed by atoms with Gasteiger partial charge in [0.25, 0.3) is 5.91 Å². The lowest BCUT2D eigenvalue weighted by Gasteiger charge is -2.36. The number of hydrogen-bond donors (Lipinski definition) is 0. The topological polar surface area (TPSA) is 103 Å². The highest BCUT2D eigenvalue weighted by Gasteiger charge is 2.36. The summed E-state index contributed by atoms with van der Waals surface area (Å²) in [5.41, 5.74) is 3.64. The van der Waals surface area contributed by atoms with E-state index in [9.17, 15) is 18.0 Å². The van der Waals surface area contributed by atoms with Gasteiger partial charge in [-0.25, -0.2) is 18.2 Å². The Bertz CT molecular complexity index is 1380. The predicted octanol–water partition coefficient (Wildman–Crippen LogP) is 3.11. The zero-order valence-electron chi connectivity index (χ0n) is 21.8. The summed E-state index contributed by atoms with van der Waals surface area (Å²) in [6.07, 6.45) is 4.48. The molecule has 1 atom stereocenters. The van der Waals surface area contributed by atoms with Gasteiger partial charge in [-0.05, 0) is 68.4 Å². The molecule has 1 saturated carbocycles. The highest BCUT2D eigenvalue weighted by molar-refractivity contribution is 7.93. The zero-order chi connectivity index (χ0) is 26.6. The first-order chi connectivity index (χ1) is 18.2. The number of sulfonamides is 1. The van der Waals surface area contributed by atoms with Gasteiger partial charge in [-0.2, -0.15) is 0 Å². The van der Waals surface area contributed by atoms with Gasteiger partial charge in [-0.3, -0.25) is 14.0 Å². The third-order valence-electron chi connectivity index (χ3n) is 7.93. The summed E-state index contributed by atoms with van der Waals surface area (Å²) >= 11 is 0. The molecule has 0 bridgehead atoms. The number of pyridine rings is 1. The number of rotatable bonds is 5. The number of benzene rings is 1. The van der Waals surface area contributed by atoms with Crippen molar-refractivity contribution in [2.75, 3.05) is 59.2 Å². The average Bonchev–Trinajstić information content (AvgIpc) is 3.62. The molecule has 6 rings (SSSR count). The summed E-state index contributed by atoms with van der Waals surface area (Å²) in [6, 6.07) is 7.04. The minimum atomic E-state index is -3.54. The Kier molecular flexibility index (Phi) is 6.20. The number of aromatic nitrogens is 1. The van der Waals surface area contributed by atoms with Crippen molar-refractivity contribution < 1.29 is 22.7 Å². The van der Waals surface area contributed by atoms with Gasteiger partial charge in [0.1, 0.15) is 12.4 Å². The molecule has 4 fully saturated rings. The van der Waals surface area contributed by atoms with E-state index in [4.69, 9.17) is 9.72 Å². The maximum Gasteiger partial charge on any atom is 0.414 e. The highest BCUT2D eigenvalue weighted by Crippen LogP contribution is 2.41. The number of amides is 2. The Morgan fingerprint density at radius 2 is 1.84 bits per heavy atom. The molecule has 0 unspecified atom stereocenters. The van der Waals surface area contributed by atoms with Gasteiger partial charge in [0.15, 0.2) is 0 Å². The van der Waals surface area contributed by atoms with Gasteiger partial charge in [0, 0.05) is 44.6 Å². The molecule has 38 heavy (non-hydrogen) atoms. The van der Waals surface area contributed by atoms with Crippen molar-refractivity contribution in [1.29, 1.82) is 0 Å². The van der Waals surface area contributed by atoms with E-state index in [1.807, 2.05) is 13.1 Å². The van der Waals surface area contributed by atoms with Crippen LogP contribution in [0.5, 0.6) is 0 Å².